The first-order valence-corrected chi connectivity index (χ1v) is 6.81. The van der Waals surface area contributed by atoms with E-state index >= 15 is 0 Å². The molecule has 0 aliphatic carbocycles. The molecule has 2 N–H and O–H groups in total. The first-order valence-electron chi connectivity index (χ1n) is 5.26. The third-order valence-corrected chi connectivity index (χ3v) is 4.06. The third-order valence-electron chi connectivity index (χ3n) is 2.38. The van der Waals surface area contributed by atoms with Gasteiger partial charge in [0.05, 0.1) is 0 Å². The molecule has 0 fully saturated rings. The quantitative estimate of drug-likeness (QED) is 0.761. The SMILES string of the molecule is C=CC(c1ccc(C)cc1)S(=O)(=O)NCC(=O)O. The van der Waals surface area contributed by atoms with Crippen molar-refractivity contribution in [1.29, 1.82) is 0 Å². The summed E-state index contributed by atoms with van der Waals surface area (Å²) in [4.78, 5) is 10.4. The zero-order chi connectivity index (χ0) is 13.8. The van der Waals surface area contributed by atoms with E-state index in [-0.39, 0.29) is 0 Å². The number of nitrogens with one attached hydrogen (secondary N) is 1. The number of hydrogen-bond donors (Lipinski definition) is 2. The minimum absolute atomic E-state index is 0.550. The number of aliphatic carboxylic acids is 1. The summed E-state index contributed by atoms with van der Waals surface area (Å²) in [6.07, 6.45) is 1.27. The fourth-order valence-corrected chi connectivity index (χ4v) is 2.72. The Labute approximate surface area is 106 Å². The number of carboxylic acid groups (broad SMARTS) is 1. The van der Waals surface area contributed by atoms with E-state index in [1.54, 1.807) is 24.3 Å². The van der Waals surface area contributed by atoms with Crippen molar-refractivity contribution in [2.24, 2.45) is 0 Å². The van der Waals surface area contributed by atoms with Crippen LogP contribution in [0.4, 0.5) is 0 Å². The van der Waals surface area contributed by atoms with Gasteiger partial charge in [-0.25, -0.2) is 13.1 Å². The fraction of sp³-hybridized carbons (Fsp3) is 0.250. The molecule has 5 nitrogen and oxygen atoms in total. The van der Waals surface area contributed by atoms with Crippen molar-refractivity contribution in [3.05, 3.63) is 48.0 Å². The Morgan fingerprint density at radius 2 is 2.00 bits per heavy atom. The normalized spacial score (nSPS) is 12.9. The van der Waals surface area contributed by atoms with Gasteiger partial charge < -0.3 is 5.11 Å². The van der Waals surface area contributed by atoms with Crippen LogP contribution >= 0.6 is 0 Å². The molecule has 18 heavy (non-hydrogen) atoms. The molecule has 0 saturated heterocycles. The van der Waals surface area contributed by atoms with Gasteiger partial charge in [0.2, 0.25) is 10.0 Å². The van der Waals surface area contributed by atoms with Gasteiger partial charge in [-0.05, 0) is 12.5 Å². The van der Waals surface area contributed by atoms with Crippen LogP contribution in [0.25, 0.3) is 0 Å². The van der Waals surface area contributed by atoms with Crippen LogP contribution in [0.3, 0.4) is 0 Å². The topological polar surface area (TPSA) is 83.5 Å². The molecule has 0 aliphatic rings. The van der Waals surface area contributed by atoms with Gasteiger partial charge in [0.1, 0.15) is 11.8 Å². The maximum atomic E-state index is 11.9. The van der Waals surface area contributed by atoms with Crippen molar-refractivity contribution in [3.8, 4) is 0 Å². The average Bonchev–Trinajstić information content (AvgIpc) is 2.30. The van der Waals surface area contributed by atoms with Crippen LogP contribution in [0.5, 0.6) is 0 Å². The molecule has 1 rings (SSSR count). The van der Waals surface area contributed by atoms with Crippen molar-refractivity contribution in [2.45, 2.75) is 12.2 Å². The second kappa shape index (κ2) is 5.79. The lowest BCUT2D eigenvalue weighted by Gasteiger charge is -2.14. The summed E-state index contributed by atoms with van der Waals surface area (Å²) < 4.78 is 25.8. The summed E-state index contributed by atoms with van der Waals surface area (Å²) in [5, 5.41) is 7.52. The molecule has 0 radical (unpaired) electrons. The molecule has 0 aromatic heterocycles. The standard InChI is InChI=1S/C12H15NO4S/c1-3-11(10-6-4-9(2)5-7-10)18(16,17)13-8-12(14)15/h3-7,11,13H,1,8H2,2H3,(H,14,15). The molecule has 98 valence electrons. The number of sulfonamides is 1. The molecule has 0 aliphatic heterocycles. The van der Waals surface area contributed by atoms with Gasteiger partial charge in [-0.3, -0.25) is 4.79 Å². The smallest absolute Gasteiger partial charge is 0.318 e. The minimum atomic E-state index is -3.78. The zero-order valence-electron chi connectivity index (χ0n) is 9.96. The first kappa shape index (κ1) is 14.4. The lowest BCUT2D eigenvalue weighted by Crippen LogP contribution is -2.32. The summed E-state index contributed by atoms with van der Waals surface area (Å²) >= 11 is 0. The highest BCUT2D eigenvalue weighted by atomic mass is 32.2. The van der Waals surface area contributed by atoms with E-state index in [4.69, 9.17) is 5.11 Å². The molecule has 0 saturated carbocycles. The van der Waals surface area contributed by atoms with Crippen molar-refractivity contribution >= 4 is 16.0 Å². The summed E-state index contributed by atoms with van der Waals surface area (Å²) in [5.74, 6) is -1.23. The van der Waals surface area contributed by atoms with E-state index in [2.05, 4.69) is 6.58 Å². The average molecular weight is 269 g/mol. The first-order chi connectivity index (χ1) is 8.36. The van der Waals surface area contributed by atoms with Crippen molar-refractivity contribution in [2.75, 3.05) is 6.54 Å². The number of rotatable bonds is 6. The Balaban J connectivity index is 2.99. The van der Waals surface area contributed by atoms with E-state index in [1.807, 2.05) is 11.6 Å². The predicted molar refractivity (Wildman–Crippen MR) is 68.7 cm³/mol. The van der Waals surface area contributed by atoms with Gasteiger partial charge in [-0.15, -0.1) is 6.58 Å². The highest BCUT2D eigenvalue weighted by Crippen LogP contribution is 2.22. The Bertz CT molecular complexity index is 534. The fourth-order valence-electron chi connectivity index (χ4n) is 1.45. The Morgan fingerprint density at radius 3 is 2.44 bits per heavy atom. The number of benzene rings is 1. The van der Waals surface area contributed by atoms with Gasteiger partial charge >= 0.3 is 5.97 Å². The third kappa shape index (κ3) is 3.68. The molecule has 0 bridgehead atoms. The van der Waals surface area contributed by atoms with Gasteiger partial charge in [0.15, 0.2) is 0 Å². The van der Waals surface area contributed by atoms with Crippen LogP contribution in [-0.2, 0) is 14.8 Å². The molecule has 0 spiro atoms. The summed E-state index contributed by atoms with van der Waals surface area (Å²) in [5.41, 5.74) is 1.56. The number of hydrogen-bond acceptors (Lipinski definition) is 3. The second-order valence-electron chi connectivity index (χ2n) is 3.83. The molecular weight excluding hydrogens is 254 g/mol. The molecule has 6 heteroatoms. The molecule has 1 atom stereocenters. The predicted octanol–water partition coefficient (Wildman–Crippen LogP) is 1.23. The van der Waals surface area contributed by atoms with Gasteiger partial charge in [0, 0.05) is 0 Å². The van der Waals surface area contributed by atoms with Crippen molar-refractivity contribution < 1.29 is 18.3 Å². The largest absolute Gasteiger partial charge is 0.480 e. The molecular formula is C12H15NO4S. The molecule has 1 aromatic carbocycles. The van der Waals surface area contributed by atoms with Crippen LogP contribution in [-0.4, -0.2) is 26.0 Å². The molecule has 0 heterocycles. The van der Waals surface area contributed by atoms with E-state index in [9.17, 15) is 13.2 Å². The highest BCUT2D eigenvalue weighted by molar-refractivity contribution is 7.89. The van der Waals surface area contributed by atoms with Crippen LogP contribution in [0, 0.1) is 6.92 Å². The maximum absolute atomic E-state index is 11.9. The Morgan fingerprint density at radius 1 is 1.44 bits per heavy atom. The van der Waals surface area contributed by atoms with Crippen molar-refractivity contribution in [1.82, 2.24) is 4.72 Å². The second-order valence-corrected chi connectivity index (χ2v) is 5.71. The van der Waals surface area contributed by atoms with E-state index in [1.165, 1.54) is 6.08 Å². The zero-order valence-corrected chi connectivity index (χ0v) is 10.8. The lowest BCUT2D eigenvalue weighted by atomic mass is 10.1. The van der Waals surface area contributed by atoms with Crippen LogP contribution in [0.15, 0.2) is 36.9 Å². The minimum Gasteiger partial charge on any atom is -0.480 e. The van der Waals surface area contributed by atoms with Gasteiger partial charge in [-0.1, -0.05) is 35.9 Å². The molecule has 1 aromatic rings. The summed E-state index contributed by atoms with van der Waals surface area (Å²) in [7, 11) is -3.78. The Hall–Kier alpha value is -1.66. The molecule has 1 unspecified atom stereocenters. The summed E-state index contributed by atoms with van der Waals surface area (Å²) in [6, 6.07) is 6.94. The van der Waals surface area contributed by atoms with E-state index in [0.29, 0.717) is 5.56 Å². The van der Waals surface area contributed by atoms with Gasteiger partial charge in [0.25, 0.3) is 0 Å². The lowest BCUT2D eigenvalue weighted by molar-refractivity contribution is -0.135. The van der Waals surface area contributed by atoms with Crippen LogP contribution in [0.1, 0.15) is 16.4 Å². The van der Waals surface area contributed by atoms with Gasteiger partial charge in [-0.2, -0.15) is 0 Å². The summed E-state index contributed by atoms with van der Waals surface area (Å²) in [6.45, 7) is 4.74. The van der Waals surface area contributed by atoms with E-state index < -0.39 is 27.8 Å². The number of carbonyl (C=O) groups is 1. The molecule has 0 amide bonds. The Kier molecular flexibility index (Phi) is 4.63. The highest BCUT2D eigenvalue weighted by Gasteiger charge is 2.24. The van der Waals surface area contributed by atoms with E-state index in [0.717, 1.165) is 5.56 Å². The maximum Gasteiger partial charge on any atom is 0.318 e. The van der Waals surface area contributed by atoms with Crippen LogP contribution < -0.4 is 4.72 Å². The van der Waals surface area contributed by atoms with Crippen LogP contribution in [0.2, 0.25) is 0 Å². The monoisotopic (exact) mass is 269 g/mol. The van der Waals surface area contributed by atoms with Crippen molar-refractivity contribution in [3.63, 3.8) is 0 Å². The number of carboxylic acids is 1. The number of aryl methyl sites for hydroxylation is 1.